The van der Waals surface area contributed by atoms with Gasteiger partial charge in [-0.15, -0.1) is 0 Å². The third-order valence-corrected chi connectivity index (χ3v) is 5.84. The smallest absolute Gasteiger partial charge is 0.225 e. The van der Waals surface area contributed by atoms with Crippen LogP contribution in [0.1, 0.15) is 58.4 Å². The maximum Gasteiger partial charge on any atom is 0.225 e. The third kappa shape index (κ3) is 4.37. The van der Waals surface area contributed by atoms with Gasteiger partial charge in [0.2, 0.25) is 5.91 Å². The molecule has 142 valence electrons. The molecule has 2 bridgehead atoms. The van der Waals surface area contributed by atoms with Gasteiger partial charge in [-0.1, -0.05) is 38.5 Å². The van der Waals surface area contributed by atoms with E-state index < -0.39 is 0 Å². The summed E-state index contributed by atoms with van der Waals surface area (Å²) >= 11 is 5.76. The summed E-state index contributed by atoms with van der Waals surface area (Å²) in [5.41, 5.74) is 1.95. The first kappa shape index (κ1) is 19.2. The number of hydrogen-bond donors (Lipinski definition) is 2. The number of rotatable bonds is 2. The summed E-state index contributed by atoms with van der Waals surface area (Å²) in [6, 6.07) is 9.44. The fourth-order valence-electron chi connectivity index (χ4n) is 4.06. The van der Waals surface area contributed by atoms with Crippen LogP contribution in [-0.2, 0) is 4.79 Å². The molecule has 4 nitrogen and oxygen atoms in total. The van der Waals surface area contributed by atoms with Crippen molar-refractivity contribution in [1.29, 1.82) is 0 Å². The molecular formula is C21H31N3OS. The lowest BCUT2D eigenvalue weighted by molar-refractivity contribution is -0.129. The van der Waals surface area contributed by atoms with Gasteiger partial charge in [-0.05, 0) is 63.4 Å². The summed E-state index contributed by atoms with van der Waals surface area (Å²) < 4.78 is 0. The fourth-order valence-corrected chi connectivity index (χ4v) is 4.47. The van der Waals surface area contributed by atoms with Crippen LogP contribution < -0.4 is 10.6 Å². The van der Waals surface area contributed by atoms with Gasteiger partial charge in [0.05, 0.1) is 0 Å². The Hall–Kier alpha value is -1.62. The normalized spacial score (nSPS) is 25.5. The van der Waals surface area contributed by atoms with Crippen molar-refractivity contribution in [3.8, 4) is 0 Å². The number of benzene rings is 1. The van der Waals surface area contributed by atoms with E-state index in [2.05, 4.69) is 46.7 Å². The molecule has 3 atom stereocenters. The van der Waals surface area contributed by atoms with E-state index in [0.717, 1.165) is 36.5 Å². The summed E-state index contributed by atoms with van der Waals surface area (Å²) in [5, 5.41) is 7.51. The second-order valence-electron chi connectivity index (χ2n) is 8.83. The Morgan fingerprint density at radius 2 is 1.69 bits per heavy atom. The number of hydrogen-bond acceptors (Lipinski definition) is 2. The van der Waals surface area contributed by atoms with Gasteiger partial charge in [0.25, 0.3) is 0 Å². The highest BCUT2D eigenvalue weighted by molar-refractivity contribution is 7.80. The van der Waals surface area contributed by atoms with E-state index in [1.54, 1.807) is 0 Å². The highest BCUT2D eigenvalue weighted by atomic mass is 32.1. The molecular weight excluding hydrogens is 342 g/mol. The van der Waals surface area contributed by atoms with Crippen LogP contribution in [0.4, 0.5) is 5.69 Å². The predicted molar refractivity (Wildman–Crippen MR) is 111 cm³/mol. The van der Waals surface area contributed by atoms with Crippen LogP contribution in [0.5, 0.6) is 0 Å². The lowest BCUT2D eigenvalue weighted by atomic mass is 9.81. The first-order valence-corrected chi connectivity index (χ1v) is 10.1. The molecule has 0 aromatic heterocycles. The monoisotopic (exact) mass is 373 g/mol. The summed E-state index contributed by atoms with van der Waals surface area (Å²) in [4.78, 5) is 14.8. The van der Waals surface area contributed by atoms with E-state index in [1.807, 2.05) is 20.8 Å². The molecule has 0 spiro atoms. The average Bonchev–Trinajstić information content (AvgIpc) is 2.55. The van der Waals surface area contributed by atoms with Gasteiger partial charge in [0.15, 0.2) is 5.11 Å². The Morgan fingerprint density at radius 1 is 1.12 bits per heavy atom. The van der Waals surface area contributed by atoms with Crippen LogP contribution >= 0.6 is 12.2 Å². The zero-order valence-electron chi connectivity index (χ0n) is 16.3. The molecule has 2 aliphatic rings. The first-order valence-electron chi connectivity index (χ1n) is 9.71. The highest BCUT2D eigenvalue weighted by Crippen LogP contribution is 2.35. The van der Waals surface area contributed by atoms with Crippen LogP contribution in [0.3, 0.4) is 0 Å². The van der Waals surface area contributed by atoms with E-state index in [0.29, 0.717) is 12.1 Å². The SMILES string of the molecule is Cc1ccc(NC(=S)N2[C@@H]3CCC[C@H]2CC(NC(=O)C(C)(C)C)C3)cc1. The van der Waals surface area contributed by atoms with Crippen molar-refractivity contribution in [2.45, 2.75) is 77.9 Å². The van der Waals surface area contributed by atoms with Crippen LogP contribution in [-0.4, -0.2) is 34.0 Å². The number of nitrogens with one attached hydrogen (secondary N) is 2. The van der Waals surface area contributed by atoms with E-state index in [1.165, 1.54) is 12.0 Å². The average molecular weight is 374 g/mol. The molecule has 1 amide bonds. The van der Waals surface area contributed by atoms with Gasteiger partial charge in [-0.25, -0.2) is 0 Å². The van der Waals surface area contributed by atoms with Gasteiger partial charge < -0.3 is 15.5 Å². The lowest BCUT2D eigenvalue weighted by Gasteiger charge is -2.50. The van der Waals surface area contributed by atoms with Crippen molar-refractivity contribution in [2.75, 3.05) is 5.32 Å². The number of thiocarbonyl (C=S) groups is 1. The van der Waals surface area contributed by atoms with E-state index in [-0.39, 0.29) is 17.4 Å². The Kier molecular flexibility index (Phi) is 5.56. The second kappa shape index (κ2) is 7.55. The fraction of sp³-hybridized carbons (Fsp3) is 0.619. The van der Waals surface area contributed by atoms with E-state index >= 15 is 0 Å². The van der Waals surface area contributed by atoms with Crippen molar-refractivity contribution in [3.63, 3.8) is 0 Å². The molecule has 2 aliphatic heterocycles. The zero-order valence-corrected chi connectivity index (χ0v) is 17.2. The van der Waals surface area contributed by atoms with Crippen LogP contribution in [0, 0.1) is 12.3 Å². The van der Waals surface area contributed by atoms with Gasteiger partial charge in [-0.3, -0.25) is 4.79 Å². The Bertz CT molecular complexity index is 651. The number of carbonyl (C=O) groups excluding carboxylic acids is 1. The lowest BCUT2D eigenvalue weighted by Crippen LogP contribution is -2.60. The molecule has 1 aromatic carbocycles. The first-order chi connectivity index (χ1) is 12.2. The highest BCUT2D eigenvalue weighted by Gasteiger charge is 2.40. The maximum atomic E-state index is 12.4. The van der Waals surface area contributed by atoms with Crippen molar-refractivity contribution in [3.05, 3.63) is 29.8 Å². The Balaban J connectivity index is 1.65. The van der Waals surface area contributed by atoms with Gasteiger partial charge in [0, 0.05) is 29.2 Å². The molecule has 3 rings (SSSR count). The summed E-state index contributed by atoms with van der Waals surface area (Å²) in [6.45, 7) is 8.00. The van der Waals surface area contributed by atoms with Gasteiger partial charge in [-0.2, -0.15) is 0 Å². The molecule has 2 N–H and O–H groups in total. The molecule has 0 radical (unpaired) electrons. The molecule has 2 fully saturated rings. The number of aryl methyl sites for hydroxylation is 1. The summed E-state index contributed by atoms with van der Waals surface area (Å²) in [7, 11) is 0. The standard InChI is InChI=1S/C21H31N3OS/c1-14-8-10-15(11-9-14)23-20(26)24-17-6-5-7-18(24)13-16(12-17)22-19(25)21(2,3)4/h8-11,16-18H,5-7,12-13H2,1-4H3,(H,22,25)(H,23,26)/t16?,17-,18+. The van der Waals surface area contributed by atoms with Crippen LogP contribution in [0.2, 0.25) is 0 Å². The number of amides is 1. The Morgan fingerprint density at radius 3 is 2.23 bits per heavy atom. The minimum absolute atomic E-state index is 0.148. The molecule has 2 saturated heterocycles. The summed E-state index contributed by atoms with van der Waals surface area (Å²) in [5.74, 6) is 0.148. The topological polar surface area (TPSA) is 44.4 Å². The summed E-state index contributed by atoms with van der Waals surface area (Å²) in [6.07, 6.45) is 5.50. The van der Waals surface area contributed by atoms with Crippen molar-refractivity contribution in [1.82, 2.24) is 10.2 Å². The van der Waals surface area contributed by atoms with Crippen molar-refractivity contribution < 1.29 is 4.79 Å². The van der Waals surface area contributed by atoms with E-state index in [9.17, 15) is 4.79 Å². The number of carbonyl (C=O) groups is 1. The van der Waals surface area contributed by atoms with Gasteiger partial charge >= 0.3 is 0 Å². The minimum atomic E-state index is -0.339. The third-order valence-electron chi connectivity index (χ3n) is 5.53. The van der Waals surface area contributed by atoms with E-state index in [4.69, 9.17) is 12.2 Å². The quantitative estimate of drug-likeness (QED) is 0.761. The molecule has 2 heterocycles. The largest absolute Gasteiger partial charge is 0.353 e. The number of piperidine rings is 2. The second-order valence-corrected chi connectivity index (χ2v) is 9.22. The zero-order chi connectivity index (χ0) is 18.9. The number of fused-ring (bicyclic) bond motifs is 2. The Labute approximate surface area is 162 Å². The molecule has 5 heteroatoms. The number of nitrogens with zero attached hydrogens (tertiary/aromatic N) is 1. The molecule has 0 aliphatic carbocycles. The maximum absolute atomic E-state index is 12.4. The molecule has 1 aromatic rings. The van der Waals surface area contributed by atoms with Crippen molar-refractivity contribution in [2.24, 2.45) is 5.41 Å². The predicted octanol–water partition coefficient (Wildman–Crippen LogP) is 4.24. The van der Waals surface area contributed by atoms with Crippen LogP contribution in [0.15, 0.2) is 24.3 Å². The molecule has 26 heavy (non-hydrogen) atoms. The van der Waals surface area contributed by atoms with Gasteiger partial charge in [0.1, 0.15) is 0 Å². The van der Waals surface area contributed by atoms with Crippen LogP contribution in [0.25, 0.3) is 0 Å². The molecule has 0 saturated carbocycles. The molecule has 1 unspecified atom stereocenters. The minimum Gasteiger partial charge on any atom is -0.353 e. The van der Waals surface area contributed by atoms with Crippen molar-refractivity contribution >= 4 is 28.9 Å². The number of anilines is 1.